The van der Waals surface area contributed by atoms with E-state index in [0.29, 0.717) is 18.7 Å². The molecule has 9 nitrogen and oxygen atoms in total. The van der Waals surface area contributed by atoms with Crippen LogP contribution in [0, 0.1) is 11.8 Å². The van der Waals surface area contributed by atoms with E-state index in [-0.39, 0.29) is 42.3 Å². The van der Waals surface area contributed by atoms with Crippen LogP contribution in [0.15, 0.2) is 0 Å². The number of hydrogen-bond acceptors (Lipinski definition) is 7. The monoisotopic (exact) mass is 532 g/mol. The molecule has 0 unspecified atom stereocenters. The average Bonchev–Trinajstić information content (AvgIpc) is 2.85. The van der Waals surface area contributed by atoms with Crippen LogP contribution < -0.4 is 10.6 Å². The topological polar surface area (TPSA) is 103 Å². The first-order valence-electron chi connectivity index (χ1n) is 14.1. The van der Waals surface area contributed by atoms with Crippen molar-refractivity contribution in [2.75, 3.05) is 59.2 Å². The SMILES string of the molecule is CC(C)N1CCOCC1.CC(C)N1CCOC[C@@H]1CO.CC(C)NC(=O)C(C)C.CCNC(=O)C(C)C. The smallest absolute Gasteiger partial charge is 0.222 e. The molecular weight excluding hydrogens is 472 g/mol. The molecule has 2 saturated heterocycles. The summed E-state index contributed by atoms with van der Waals surface area (Å²) in [5, 5.41) is 14.5. The van der Waals surface area contributed by atoms with Gasteiger partial charge in [-0.15, -0.1) is 0 Å². The van der Waals surface area contributed by atoms with Crippen molar-refractivity contribution in [2.45, 2.75) is 100 Å². The Morgan fingerprint density at radius 3 is 1.59 bits per heavy atom. The molecule has 0 bridgehead atoms. The Balaban J connectivity index is 0. The predicted octanol–water partition coefficient (Wildman–Crippen LogP) is 2.76. The first kappa shape index (κ1) is 37.9. The molecule has 37 heavy (non-hydrogen) atoms. The molecule has 2 aliphatic rings. The Morgan fingerprint density at radius 2 is 1.32 bits per heavy atom. The predicted molar refractivity (Wildman–Crippen MR) is 153 cm³/mol. The molecule has 2 rings (SSSR count). The summed E-state index contributed by atoms with van der Waals surface area (Å²) in [6.45, 7) is 29.5. The Hall–Kier alpha value is -1.26. The van der Waals surface area contributed by atoms with Gasteiger partial charge in [-0.3, -0.25) is 19.4 Å². The van der Waals surface area contributed by atoms with Crippen molar-refractivity contribution in [1.29, 1.82) is 0 Å². The fourth-order valence-electron chi connectivity index (χ4n) is 3.43. The molecule has 0 aliphatic carbocycles. The number of rotatable bonds is 7. The third-order valence-corrected chi connectivity index (χ3v) is 5.75. The highest BCUT2D eigenvalue weighted by atomic mass is 16.5. The molecule has 222 valence electrons. The fraction of sp³-hybridized carbons (Fsp3) is 0.929. The first-order valence-corrected chi connectivity index (χ1v) is 14.1. The highest BCUT2D eigenvalue weighted by Gasteiger charge is 2.23. The highest BCUT2D eigenvalue weighted by Crippen LogP contribution is 2.09. The van der Waals surface area contributed by atoms with Gasteiger partial charge in [0.2, 0.25) is 11.8 Å². The Labute approximate surface area is 228 Å². The zero-order chi connectivity index (χ0) is 29.0. The molecule has 9 heteroatoms. The summed E-state index contributed by atoms with van der Waals surface area (Å²) in [5.41, 5.74) is 0. The maximum atomic E-state index is 10.8. The van der Waals surface area contributed by atoms with Gasteiger partial charge < -0.3 is 25.2 Å². The Kier molecular flexibility index (Phi) is 23.2. The maximum absolute atomic E-state index is 10.8. The molecule has 0 aromatic carbocycles. The molecule has 2 amide bonds. The van der Waals surface area contributed by atoms with Crippen LogP contribution in [0.4, 0.5) is 0 Å². The van der Waals surface area contributed by atoms with Gasteiger partial charge in [0.05, 0.1) is 39.1 Å². The summed E-state index contributed by atoms with van der Waals surface area (Å²) in [5.74, 6) is 0.486. The van der Waals surface area contributed by atoms with Crippen molar-refractivity contribution in [3.63, 3.8) is 0 Å². The van der Waals surface area contributed by atoms with E-state index in [1.807, 2.05) is 48.5 Å². The molecule has 0 radical (unpaired) electrons. The van der Waals surface area contributed by atoms with Gasteiger partial charge in [0.1, 0.15) is 0 Å². The van der Waals surface area contributed by atoms with Gasteiger partial charge >= 0.3 is 0 Å². The van der Waals surface area contributed by atoms with Gasteiger partial charge in [-0.05, 0) is 48.5 Å². The summed E-state index contributed by atoms with van der Waals surface area (Å²) < 4.78 is 10.5. The normalized spacial score (nSPS) is 18.5. The van der Waals surface area contributed by atoms with Gasteiger partial charge in [-0.2, -0.15) is 0 Å². The van der Waals surface area contributed by atoms with Gasteiger partial charge in [0, 0.05) is 56.1 Å². The van der Waals surface area contributed by atoms with Gasteiger partial charge in [0.25, 0.3) is 0 Å². The summed E-state index contributed by atoms with van der Waals surface area (Å²) in [4.78, 5) is 26.2. The van der Waals surface area contributed by atoms with E-state index in [1.54, 1.807) is 0 Å². The molecule has 0 saturated carbocycles. The summed E-state index contributed by atoms with van der Waals surface area (Å²) >= 11 is 0. The van der Waals surface area contributed by atoms with Crippen LogP contribution in [0.5, 0.6) is 0 Å². The lowest BCUT2D eigenvalue weighted by molar-refractivity contribution is -0.125. The van der Waals surface area contributed by atoms with E-state index < -0.39 is 0 Å². The molecule has 0 spiro atoms. The maximum Gasteiger partial charge on any atom is 0.222 e. The fourth-order valence-corrected chi connectivity index (χ4v) is 3.43. The van der Waals surface area contributed by atoms with Crippen molar-refractivity contribution in [2.24, 2.45) is 11.8 Å². The molecule has 2 heterocycles. The number of hydrogen-bond donors (Lipinski definition) is 3. The average molecular weight is 533 g/mol. The first-order chi connectivity index (χ1) is 17.3. The lowest BCUT2D eigenvalue weighted by atomic mass is 10.2. The third kappa shape index (κ3) is 20.4. The van der Waals surface area contributed by atoms with Gasteiger partial charge in [0.15, 0.2) is 0 Å². The summed E-state index contributed by atoms with van der Waals surface area (Å²) in [6.07, 6.45) is 0. The summed E-state index contributed by atoms with van der Waals surface area (Å²) in [6, 6.07) is 1.67. The van der Waals surface area contributed by atoms with Crippen molar-refractivity contribution < 1.29 is 24.2 Å². The van der Waals surface area contributed by atoms with Gasteiger partial charge in [-0.1, -0.05) is 27.7 Å². The lowest BCUT2D eigenvalue weighted by Crippen LogP contribution is -2.50. The zero-order valence-corrected chi connectivity index (χ0v) is 25.8. The van der Waals surface area contributed by atoms with Crippen LogP contribution in [0.25, 0.3) is 0 Å². The minimum Gasteiger partial charge on any atom is -0.395 e. The van der Waals surface area contributed by atoms with Crippen LogP contribution in [0.1, 0.15) is 76.2 Å². The van der Waals surface area contributed by atoms with E-state index in [0.717, 1.165) is 46.0 Å². The molecule has 0 aromatic heterocycles. The molecule has 2 aliphatic heterocycles. The van der Waals surface area contributed by atoms with Crippen LogP contribution in [-0.2, 0) is 19.1 Å². The molecule has 3 N–H and O–H groups in total. The standard InChI is InChI=1S/C8H17NO2.2C7H15NO.C6H13NO/c1-7(2)9-3-4-11-6-8(9)5-10;1-7(2)8-3-5-9-6-4-8;1-5(2)7(9)8-6(3)4;1-4-7-6(8)5(2)3/h7-8,10H,3-6H2,1-2H3;7H,3-6H2,1-2H3;5-6H,1-4H3,(H,8,9);5H,4H2,1-3H3,(H,7,8)/t8-;;;/m0.../s1. The number of aliphatic hydroxyl groups excluding tert-OH is 1. The molecule has 2 fully saturated rings. The number of carbonyl (C=O) groups excluding carboxylic acids is 2. The third-order valence-electron chi connectivity index (χ3n) is 5.75. The van der Waals surface area contributed by atoms with E-state index in [2.05, 4.69) is 48.1 Å². The second-order valence-electron chi connectivity index (χ2n) is 10.9. The number of nitrogens with one attached hydrogen (secondary N) is 2. The number of morpholine rings is 2. The van der Waals surface area contributed by atoms with Crippen molar-refractivity contribution in [3.8, 4) is 0 Å². The minimum absolute atomic E-state index is 0.104. The summed E-state index contributed by atoms with van der Waals surface area (Å²) in [7, 11) is 0. The van der Waals surface area contributed by atoms with Crippen molar-refractivity contribution in [1.82, 2.24) is 20.4 Å². The molecular formula is C28H60N4O5. The van der Waals surface area contributed by atoms with Crippen LogP contribution >= 0.6 is 0 Å². The number of carbonyl (C=O) groups is 2. The number of ether oxygens (including phenoxy) is 2. The van der Waals surface area contributed by atoms with E-state index in [1.165, 1.54) is 0 Å². The van der Waals surface area contributed by atoms with E-state index in [9.17, 15) is 9.59 Å². The van der Waals surface area contributed by atoms with Crippen LogP contribution in [-0.4, -0.2) is 110 Å². The zero-order valence-electron chi connectivity index (χ0n) is 25.8. The minimum atomic E-state index is 0.104. The van der Waals surface area contributed by atoms with Crippen LogP contribution in [0.3, 0.4) is 0 Å². The largest absolute Gasteiger partial charge is 0.395 e. The van der Waals surface area contributed by atoms with Crippen molar-refractivity contribution in [3.05, 3.63) is 0 Å². The Morgan fingerprint density at radius 1 is 0.811 bits per heavy atom. The van der Waals surface area contributed by atoms with E-state index >= 15 is 0 Å². The molecule has 0 aromatic rings. The van der Waals surface area contributed by atoms with Crippen LogP contribution in [0.2, 0.25) is 0 Å². The number of amides is 2. The second-order valence-corrected chi connectivity index (χ2v) is 10.9. The van der Waals surface area contributed by atoms with E-state index in [4.69, 9.17) is 14.6 Å². The molecule has 1 atom stereocenters. The lowest BCUT2D eigenvalue weighted by Gasteiger charge is -2.37. The van der Waals surface area contributed by atoms with Crippen molar-refractivity contribution >= 4 is 11.8 Å². The second kappa shape index (κ2) is 22.7. The Bertz CT molecular complexity index is 565. The van der Waals surface area contributed by atoms with Gasteiger partial charge in [-0.25, -0.2) is 0 Å². The number of aliphatic hydroxyl groups is 1. The highest BCUT2D eigenvalue weighted by molar-refractivity contribution is 5.78. The quantitative estimate of drug-likeness (QED) is 0.463. The number of nitrogens with zero attached hydrogens (tertiary/aromatic N) is 2.